The molecule has 0 aliphatic heterocycles. The molecule has 2 heterocycles. The van der Waals surface area contributed by atoms with Crippen LogP contribution in [0.4, 0.5) is 4.39 Å². The molecule has 0 unspecified atom stereocenters. The molecule has 2 aromatic heterocycles. The van der Waals surface area contributed by atoms with Crippen LogP contribution in [0.1, 0.15) is 10.5 Å². The smallest absolute Gasteiger partial charge is 0.270 e. The van der Waals surface area contributed by atoms with Crippen LogP contribution in [-0.4, -0.2) is 21.1 Å². The fourth-order valence-corrected chi connectivity index (χ4v) is 0.930. The maximum absolute atomic E-state index is 12.9. The third-order valence-corrected chi connectivity index (χ3v) is 1.58. The second-order valence-corrected chi connectivity index (χ2v) is 2.50. The first-order chi connectivity index (χ1) is 6.68. The molecule has 0 aliphatic rings. The molecule has 2 aromatic rings. The van der Waals surface area contributed by atoms with Gasteiger partial charge in [-0.25, -0.2) is 4.98 Å². The van der Waals surface area contributed by atoms with Crippen LogP contribution in [0.3, 0.4) is 0 Å². The average molecular weight is 196 g/mol. The summed E-state index contributed by atoms with van der Waals surface area (Å²) in [6.07, 6.45) is 2.26. The van der Waals surface area contributed by atoms with E-state index in [0.29, 0.717) is 0 Å². The Kier molecular flexibility index (Phi) is 1.77. The van der Waals surface area contributed by atoms with Crippen LogP contribution < -0.4 is 5.73 Å². The van der Waals surface area contributed by atoms with E-state index in [9.17, 15) is 9.18 Å². The van der Waals surface area contributed by atoms with Gasteiger partial charge in [0.2, 0.25) is 11.8 Å². The maximum Gasteiger partial charge on any atom is 0.270 e. The number of aromatic amines is 1. The van der Waals surface area contributed by atoms with Crippen LogP contribution in [-0.2, 0) is 0 Å². The zero-order valence-electron chi connectivity index (χ0n) is 6.82. The van der Waals surface area contributed by atoms with E-state index in [1.165, 1.54) is 6.20 Å². The number of hydrogen-bond donors (Lipinski definition) is 2. The first kappa shape index (κ1) is 8.42. The zero-order valence-corrected chi connectivity index (χ0v) is 6.82. The summed E-state index contributed by atoms with van der Waals surface area (Å²) < 4.78 is 17.8. The molecule has 0 fully saturated rings. The van der Waals surface area contributed by atoms with Crippen LogP contribution in [0.25, 0.3) is 11.5 Å². The number of rotatable bonds is 2. The van der Waals surface area contributed by atoms with E-state index in [1.54, 1.807) is 0 Å². The molecular weight excluding hydrogens is 191 g/mol. The van der Waals surface area contributed by atoms with Crippen LogP contribution in [0.5, 0.6) is 0 Å². The summed E-state index contributed by atoms with van der Waals surface area (Å²) in [4.78, 5) is 14.3. The Bertz CT molecular complexity index is 475. The normalized spacial score (nSPS) is 10.4. The molecule has 7 heteroatoms. The molecule has 72 valence electrons. The van der Waals surface area contributed by atoms with E-state index in [-0.39, 0.29) is 17.1 Å². The minimum absolute atomic E-state index is 0.0370. The van der Waals surface area contributed by atoms with Crippen molar-refractivity contribution in [3.05, 3.63) is 24.1 Å². The van der Waals surface area contributed by atoms with Gasteiger partial charge in [0.05, 0.1) is 6.20 Å². The molecule has 14 heavy (non-hydrogen) atoms. The summed E-state index contributed by atoms with van der Waals surface area (Å²) in [5.74, 6) is -1.45. The Morgan fingerprint density at radius 1 is 1.64 bits per heavy atom. The molecule has 1 amide bonds. The SMILES string of the molecule is NC(=O)c1coc(-c2cn[nH]c2F)n1. The van der Waals surface area contributed by atoms with Crippen LogP contribution in [0, 0.1) is 5.95 Å². The summed E-state index contributed by atoms with van der Waals surface area (Å²) >= 11 is 0. The van der Waals surface area contributed by atoms with Gasteiger partial charge in [-0.15, -0.1) is 0 Å². The van der Waals surface area contributed by atoms with E-state index in [0.717, 1.165) is 6.26 Å². The minimum atomic E-state index is -0.732. The Balaban J connectivity index is 2.43. The van der Waals surface area contributed by atoms with Gasteiger partial charge in [0.25, 0.3) is 5.91 Å². The Morgan fingerprint density at radius 2 is 2.43 bits per heavy atom. The topological polar surface area (TPSA) is 97.8 Å². The Labute approximate surface area is 76.9 Å². The number of nitrogens with one attached hydrogen (secondary N) is 1. The Hall–Kier alpha value is -2.18. The quantitative estimate of drug-likeness (QED) is 0.721. The van der Waals surface area contributed by atoms with Crippen molar-refractivity contribution in [1.29, 1.82) is 0 Å². The average Bonchev–Trinajstić information content (AvgIpc) is 2.71. The molecule has 3 N–H and O–H groups in total. The largest absolute Gasteiger partial charge is 0.443 e. The molecule has 0 spiro atoms. The highest BCUT2D eigenvalue weighted by Crippen LogP contribution is 2.19. The lowest BCUT2D eigenvalue weighted by atomic mass is 10.3. The summed E-state index contributed by atoms with van der Waals surface area (Å²) in [5.41, 5.74) is 4.94. The summed E-state index contributed by atoms with van der Waals surface area (Å²) in [6, 6.07) is 0. The summed E-state index contributed by atoms with van der Waals surface area (Å²) in [7, 11) is 0. The monoisotopic (exact) mass is 196 g/mol. The molecule has 0 aliphatic carbocycles. The third kappa shape index (κ3) is 1.24. The lowest BCUT2D eigenvalue weighted by molar-refractivity contribution is 0.0995. The number of nitrogens with zero attached hydrogens (tertiary/aromatic N) is 2. The predicted molar refractivity (Wildman–Crippen MR) is 42.6 cm³/mol. The molecule has 6 nitrogen and oxygen atoms in total. The molecular formula is C7H5FN4O2. The number of amides is 1. The van der Waals surface area contributed by atoms with E-state index in [4.69, 9.17) is 10.2 Å². The lowest BCUT2D eigenvalue weighted by Crippen LogP contribution is -2.10. The van der Waals surface area contributed by atoms with Crippen LogP contribution in [0.15, 0.2) is 16.9 Å². The number of aromatic nitrogens is 3. The van der Waals surface area contributed by atoms with Gasteiger partial charge in [0.1, 0.15) is 11.8 Å². The number of halogens is 1. The van der Waals surface area contributed by atoms with E-state index >= 15 is 0 Å². The van der Waals surface area contributed by atoms with Gasteiger partial charge in [-0.3, -0.25) is 9.89 Å². The zero-order chi connectivity index (χ0) is 10.1. The minimum Gasteiger partial charge on any atom is -0.443 e. The third-order valence-electron chi connectivity index (χ3n) is 1.58. The maximum atomic E-state index is 12.9. The van der Waals surface area contributed by atoms with Gasteiger partial charge >= 0.3 is 0 Å². The van der Waals surface area contributed by atoms with E-state index in [1.807, 2.05) is 0 Å². The van der Waals surface area contributed by atoms with Gasteiger partial charge in [-0.1, -0.05) is 0 Å². The highest BCUT2D eigenvalue weighted by Gasteiger charge is 2.15. The lowest BCUT2D eigenvalue weighted by Gasteiger charge is -1.86. The summed E-state index contributed by atoms with van der Waals surface area (Å²) in [6.45, 7) is 0. The second-order valence-electron chi connectivity index (χ2n) is 2.50. The number of primary amides is 1. The molecule has 0 radical (unpaired) electrons. The number of H-pyrrole nitrogens is 1. The van der Waals surface area contributed by atoms with E-state index in [2.05, 4.69) is 15.2 Å². The first-order valence-corrected chi connectivity index (χ1v) is 3.63. The highest BCUT2D eigenvalue weighted by molar-refractivity contribution is 5.90. The number of nitrogens with two attached hydrogens (primary N) is 1. The van der Waals surface area contributed by atoms with Crippen molar-refractivity contribution in [2.75, 3.05) is 0 Å². The van der Waals surface area contributed by atoms with Crippen molar-refractivity contribution in [2.24, 2.45) is 5.73 Å². The van der Waals surface area contributed by atoms with Crippen molar-refractivity contribution in [3.63, 3.8) is 0 Å². The fraction of sp³-hybridized carbons (Fsp3) is 0. The van der Waals surface area contributed by atoms with E-state index < -0.39 is 11.9 Å². The number of carbonyl (C=O) groups excluding carboxylic acids is 1. The molecule has 0 saturated carbocycles. The van der Waals surface area contributed by atoms with Crippen molar-refractivity contribution in [1.82, 2.24) is 15.2 Å². The van der Waals surface area contributed by atoms with Crippen LogP contribution >= 0.6 is 0 Å². The van der Waals surface area contributed by atoms with Gasteiger partial charge < -0.3 is 10.2 Å². The number of carbonyl (C=O) groups is 1. The molecule has 0 aromatic carbocycles. The van der Waals surface area contributed by atoms with Gasteiger partial charge in [0, 0.05) is 0 Å². The highest BCUT2D eigenvalue weighted by atomic mass is 19.1. The Morgan fingerprint density at radius 3 is 2.93 bits per heavy atom. The molecule has 0 bridgehead atoms. The number of oxazole rings is 1. The molecule has 0 atom stereocenters. The number of hydrogen-bond acceptors (Lipinski definition) is 4. The predicted octanol–water partition coefficient (Wildman–Crippen LogP) is 0.303. The van der Waals surface area contributed by atoms with Crippen molar-refractivity contribution >= 4 is 5.91 Å². The van der Waals surface area contributed by atoms with Gasteiger partial charge in [0.15, 0.2) is 5.69 Å². The van der Waals surface area contributed by atoms with Crippen molar-refractivity contribution in [3.8, 4) is 11.5 Å². The standard InChI is InChI=1S/C7H5FN4O2/c8-5-3(1-10-12-5)7-11-4(2-14-7)6(9)13/h1-2H,(H2,9,13)(H,10,12). The van der Waals surface area contributed by atoms with Crippen molar-refractivity contribution < 1.29 is 13.6 Å². The van der Waals surface area contributed by atoms with Gasteiger partial charge in [-0.05, 0) is 0 Å². The van der Waals surface area contributed by atoms with Crippen LogP contribution in [0.2, 0.25) is 0 Å². The summed E-state index contributed by atoms with van der Waals surface area (Å²) in [5, 5.41) is 5.51. The fourth-order valence-electron chi connectivity index (χ4n) is 0.930. The van der Waals surface area contributed by atoms with Gasteiger partial charge in [-0.2, -0.15) is 9.49 Å². The van der Waals surface area contributed by atoms with Crippen molar-refractivity contribution in [2.45, 2.75) is 0 Å². The molecule has 2 rings (SSSR count). The first-order valence-electron chi connectivity index (χ1n) is 3.63. The second kappa shape index (κ2) is 2.95. The molecule has 0 saturated heterocycles.